The second kappa shape index (κ2) is 4.57. The molecular formula is C13H13F5N2O. The van der Waals surface area contributed by atoms with Crippen molar-refractivity contribution in [2.75, 3.05) is 0 Å². The van der Waals surface area contributed by atoms with Crippen LogP contribution in [0.2, 0.25) is 0 Å². The zero-order valence-corrected chi connectivity index (χ0v) is 11.2. The standard InChI is InChI=1S/C13H13F5N2O/c1-11(15)9(13(16,17)18)21-10(19)20-12(11,2)7-5-3-4-6-8(7)14/h3-6,9H,1-2H3,(H2,19,20)/t9-,11+,12-/m1/s1. The summed E-state index contributed by atoms with van der Waals surface area (Å²) in [5.74, 6) is -0.872. The number of nitrogens with two attached hydrogens (primary N) is 1. The number of hydrogen-bond donors (Lipinski definition) is 1. The minimum atomic E-state index is -5.02. The molecule has 3 nitrogen and oxygen atoms in total. The Morgan fingerprint density at radius 3 is 2.33 bits per heavy atom. The Morgan fingerprint density at radius 2 is 1.81 bits per heavy atom. The molecule has 1 heterocycles. The highest BCUT2D eigenvalue weighted by atomic mass is 19.4. The van der Waals surface area contributed by atoms with Gasteiger partial charge in [0.2, 0.25) is 6.10 Å². The van der Waals surface area contributed by atoms with Crippen LogP contribution in [0.25, 0.3) is 0 Å². The number of benzene rings is 1. The van der Waals surface area contributed by atoms with Crippen LogP contribution in [0.15, 0.2) is 29.3 Å². The van der Waals surface area contributed by atoms with E-state index in [2.05, 4.69) is 9.73 Å². The lowest BCUT2D eigenvalue weighted by Gasteiger charge is -2.45. The highest BCUT2D eigenvalue weighted by Crippen LogP contribution is 2.49. The van der Waals surface area contributed by atoms with Crippen LogP contribution in [-0.4, -0.2) is 24.0 Å². The molecule has 1 aromatic carbocycles. The highest BCUT2D eigenvalue weighted by molar-refractivity contribution is 5.74. The Balaban J connectivity index is 2.66. The third-order valence-electron chi connectivity index (χ3n) is 3.71. The quantitative estimate of drug-likeness (QED) is 0.811. The van der Waals surface area contributed by atoms with Crippen LogP contribution in [0.5, 0.6) is 0 Å². The maximum Gasteiger partial charge on any atom is 0.428 e. The topological polar surface area (TPSA) is 47.6 Å². The first-order valence-corrected chi connectivity index (χ1v) is 6.03. The van der Waals surface area contributed by atoms with Crippen molar-refractivity contribution < 1.29 is 26.7 Å². The Kier molecular flexibility index (Phi) is 3.38. The lowest BCUT2D eigenvalue weighted by atomic mass is 9.74. The average Bonchev–Trinajstić information content (AvgIpc) is 2.33. The normalized spacial score (nSPS) is 33.3. The van der Waals surface area contributed by atoms with E-state index in [9.17, 15) is 22.0 Å². The smallest absolute Gasteiger partial charge is 0.428 e. The summed E-state index contributed by atoms with van der Waals surface area (Å²) >= 11 is 0. The van der Waals surface area contributed by atoms with E-state index in [0.29, 0.717) is 6.92 Å². The minimum Gasteiger partial charge on any atom is -0.449 e. The largest absolute Gasteiger partial charge is 0.449 e. The van der Waals surface area contributed by atoms with Gasteiger partial charge in [0.25, 0.3) is 6.02 Å². The zero-order chi connectivity index (χ0) is 16.1. The molecule has 21 heavy (non-hydrogen) atoms. The number of rotatable bonds is 1. The number of halogens is 5. The van der Waals surface area contributed by atoms with Crippen LogP contribution in [0, 0.1) is 5.82 Å². The van der Waals surface area contributed by atoms with Crippen molar-refractivity contribution in [2.24, 2.45) is 10.7 Å². The summed E-state index contributed by atoms with van der Waals surface area (Å²) < 4.78 is 72.2. The Morgan fingerprint density at radius 1 is 1.24 bits per heavy atom. The van der Waals surface area contributed by atoms with Gasteiger partial charge < -0.3 is 10.5 Å². The molecule has 1 aromatic rings. The maximum atomic E-state index is 14.9. The number of amidine groups is 1. The third-order valence-corrected chi connectivity index (χ3v) is 3.71. The molecule has 8 heteroatoms. The van der Waals surface area contributed by atoms with Gasteiger partial charge in [-0.3, -0.25) is 0 Å². The molecule has 0 radical (unpaired) electrons. The van der Waals surface area contributed by atoms with Gasteiger partial charge in [-0.2, -0.15) is 13.2 Å². The molecule has 3 atom stereocenters. The fourth-order valence-corrected chi connectivity index (χ4v) is 2.40. The van der Waals surface area contributed by atoms with Crippen molar-refractivity contribution in [1.82, 2.24) is 0 Å². The van der Waals surface area contributed by atoms with Crippen LogP contribution in [0.4, 0.5) is 22.0 Å². The van der Waals surface area contributed by atoms with Crippen LogP contribution < -0.4 is 5.73 Å². The van der Waals surface area contributed by atoms with Gasteiger partial charge in [0.1, 0.15) is 11.4 Å². The van der Waals surface area contributed by atoms with E-state index in [-0.39, 0.29) is 5.56 Å². The fourth-order valence-electron chi connectivity index (χ4n) is 2.40. The van der Waals surface area contributed by atoms with Crippen molar-refractivity contribution in [1.29, 1.82) is 0 Å². The highest BCUT2D eigenvalue weighted by Gasteiger charge is 2.66. The van der Waals surface area contributed by atoms with E-state index < -0.39 is 35.3 Å². The van der Waals surface area contributed by atoms with Gasteiger partial charge in [-0.25, -0.2) is 13.8 Å². The molecule has 2 N–H and O–H groups in total. The molecular weight excluding hydrogens is 295 g/mol. The van der Waals surface area contributed by atoms with Gasteiger partial charge in [-0.15, -0.1) is 0 Å². The van der Waals surface area contributed by atoms with Gasteiger partial charge >= 0.3 is 6.18 Å². The van der Waals surface area contributed by atoms with Crippen molar-refractivity contribution in [2.45, 2.75) is 37.3 Å². The molecule has 0 fully saturated rings. The SMILES string of the molecule is C[C@]1(F)[C@H](C(F)(F)F)OC(N)=N[C@]1(C)c1ccccc1F. The van der Waals surface area contributed by atoms with Gasteiger partial charge in [-0.1, -0.05) is 18.2 Å². The molecule has 0 aromatic heterocycles. The summed E-state index contributed by atoms with van der Waals surface area (Å²) in [4.78, 5) is 3.62. The number of ether oxygens (including phenoxy) is 1. The minimum absolute atomic E-state index is 0.324. The van der Waals surface area contributed by atoms with Crippen LogP contribution >= 0.6 is 0 Å². The van der Waals surface area contributed by atoms with Gasteiger partial charge in [-0.05, 0) is 19.9 Å². The molecule has 1 aliphatic rings. The second-order valence-electron chi connectivity index (χ2n) is 5.12. The van der Waals surface area contributed by atoms with E-state index in [4.69, 9.17) is 5.73 Å². The van der Waals surface area contributed by atoms with E-state index in [0.717, 1.165) is 13.0 Å². The number of alkyl halides is 4. The molecule has 0 saturated heterocycles. The summed E-state index contributed by atoms with van der Waals surface area (Å²) in [5, 5.41) is 0. The molecule has 0 bridgehead atoms. The summed E-state index contributed by atoms with van der Waals surface area (Å²) in [6.45, 7) is 1.73. The molecule has 1 aliphatic heterocycles. The first-order valence-electron chi connectivity index (χ1n) is 6.03. The molecule has 0 amide bonds. The summed E-state index contributed by atoms with van der Waals surface area (Å²) in [7, 11) is 0. The van der Waals surface area contributed by atoms with Crippen LogP contribution in [0.1, 0.15) is 19.4 Å². The molecule has 116 valence electrons. The Hall–Kier alpha value is -1.86. The number of hydrogen-bond acceptors (Lipinski definition) is 3. The van der Waals surface area contributed by atoms with Crippen LogP contribution in [0.3, 0.4) is 0 Å². The second-order valence-corrected chi connectivity index (χ2v) is 5.12. The van der Waals surface area contributed by atoms with Crippen LogP contribution in [-0.2, 0) is 10.3 Å². The maximum absolute atomic E-state index is 14.9. The lowest BCUT2D eigenvalue weighted by molar-refractivity contribution is -0.250. The molecule has 0 unspecified atom stereocenters. The summed E-state index contributed by atoms with van der Waals surface area (Å²) in [6, 6.07) is 4.07. The zero-order valence-electron chi connectivity index (χ0n) is 11.2. The first kappa shape index (κ1) is 15.5. The average molecular weight is 308 g/mol. The van der Waals surface area contributed by atoms with Crippen molar-refractivity contribution in [3.05, 3.63) is 35.6 Å². The van der Waals surface area contributed by atoms with E-state index in [1.807, 2.05) is 0 Å². The summed E-state index contributed by atoms with van der Waals surface area (Å²) in [6.07, 6.45) is -7.86. The first-order chi connectivity index (χ1) is 9.50. The van der Waals surface area contributed by atoms with E-state index in [1.165, 1.54) is 18.2 Å². The summed E-state index contributed by atoms with van der Waals surface area (Å²) in [5.41, 5.74) is -0.290. The van der Waals surface area contributed by atoms with Gasteiger partial charge in [0.05, 0.1) is 0 Å². The van der Waals surface area contributed by atoms with Crippen molar-refractivity contribution in [3.63, 3.8) is 0 Å². The van der Waals surface area contributed by atoms with Crippen molar-refractivity contribution >= 4 is 6.02 Å². The molecule has 0 aliphatic carbocycles. The van der Waals surface area contributed by atoms with E-state index in [1.54, 1.807) is 0 Å². The van der Waals surface area contributed by atoms with Gasteiger partial charge in [0, 0.05) is 5.56 Å². The lowest BCUT2D eigenvalue weighted by Crippen LogP contribution is -2.62. The third kappa shape index (κ3) is 2.32. The molecule has 0 spiro atoms. The Labute approximate surface area is 117 Å². The number of nitrogens with zero attached hydrogens (tertiary/aromatic N) is 1. The van der Waals surface area contributed by atoms with Crippen molar-refractivity contribution in [3.8, 4) is 0 Å². The fraction of sp³-hybridized carbons (Fsp3) is 0.462. The van der Waals surface area contributed by atoms with Gasteiger partial charge in [0.15, 0.2) is 5.67 Å². The number of aliphatic imine (C=N–C) groups is 1. The monoisotopic (exact) mass is 308 g/mol. The predicted molar refractivity (Wildman–Crippen MR) is 65.8 cm³/mol. The van der Waals surface area contributed by atoms with E-state index >= 15 is 0 Å². The molecule has 0 saturated carbocycles. The molecule has 2 rings (SSSR count). The Bertz CT molecular complexity index is 584. The predicted octanol–water partition coefficient (Wildman–Crippen LogP) is 3.04.